The normalized spacial score (nSPS) is 11.4. The topological polar surface area (TPSA) is 47.8 Å². The Morgan fingerprint density at radius 2 is 1.87 bits per heavy atom. The first kappa shape index (κ1) is 20.0. The highest BCUT2D eigenvalue weighted by Crippen LogP contribution is 2.31. The lowest BCUT2D eigenvalue weighted by Crippen LogP contribution is -2.23. The van der Waals surface area contributed by atoms with Crippen LogP contribution in [0.15, 0.2) is 76.8 Å². The predicted octanol–water partition coefficient (Wildman–Crippen LogP) is 5.96. The van der Waals surface area contributed by atoms with E-state index in [0.717, 1.165) is 32.2 Å². The lowest BCUT2D eigenvalue weighted by Gasteiger charge is -2.13. The maximum absolute atomic E-state index is 13.5. The summed E-state index contributed by atoms with van der Waals surface area (Å²) in [6.07, 6.45) is 1.76. The lowest BCUT2D eigenvalue weighted by molar-refractivity contribution is 0.659. The molecular weight excluding hydrogens is 422 g/mol. The monoisotopic (exact) mass is 443 g/mol. The Kier molecular flexibility index (Phi) is 5.34. The molecule has 31 heavy (non-hydrogen) atoms. The van der Waals surface area contributed by atoms with Crippen LogP contribution in [0.25, 0.3) is 20.4 Å². The molecule has 5 aromatic rings. The third-order valence-corrected chi connectivity index (χ3v) is 7.48. The van der Waals surface area contributed by atoms with Crippen LogP contribution in [0.1, 0.15) is 22.3 Å². The summed E-state index contributed by atoms with van der Waals surface area (Å²) in [7, 11) is 0. The van der Waals surface area contributed by atoms with Gasteiger partial charge in [-0.25, -0.2) is 9.97 Å². The molecular formula is C25H21N3OS2. The zero-order valence-electron chi connectivity index (χ0n) is 17.3. The molecule has 2 aromatic carbocycles. The van der Waals surface area contributed by atoms with Gasteiger partial charge in [0.2, 0.25) is 0 Å². The molecule has 0 unspecified atom stereocenters. The van der Waals surface area contributed by atoms with Crippen molar-refractivity contribution in [2.24, 2.45) is 0 Å². The van der Waals surface area contributed by atoms with Crippen LogP contribution in [0.3, 0.4) is 0 Å². The number of pyridine rings is 1. The van der Waals surface area contributed by atoms with Gasteiger partial charge in [-0.15, -0.1) is 11.3 Å². The molecule has 0 amide bonds. The molecule has 0 atom stereocenters. The molecule has 3 heterocycles. The van der Waals surface area contributed by atoms with E-state index in [1.165, 1.54) is 28.0 Å². The highest BCUT2D eigenvalue weighted by molar-refractivity contribution is 7.98. The van der Waals surface area contributed by atoms with Gasteiger partial charge in [-0.1, -0.05) is 65.9 Å². The number of thiophene rings is 1. The second-order valence-corrected chi connectivity index (χ2v) is 9.57. The molecule has 0 radical (unpaired) electrons. The molecule has 154 valence electrons. The predicted molar refractivity (Wildman–Crippen MR) is 130 cm³/mol. The number of hydrogen-bond donors (Lipinski definition) is 0. The van der Waals surface area contributed by atoms with E-state index in [9.17, 15) is 4.79 Å². The minimum Gasteiger partial charge on any atom is -0.282 e. The van der Waals surface area contributed by atoms with Crippen molar-refractivity contribution in [2.75, 3.05) is 0 Å². The summed E-state index contributed by atoms with van der Waals surface area (Å²) in [5.74, 6) is 0.764. The van der Waals surface area contributed by atoms with Crippen molar-refractivity contribution in [1.29, 1.82) is 0 Å². The van der Waals surface area contributed by atoms with Crippen LogP contribution in [0.5, 0.6) is 0 Å². The highest BCUT2D eigenvalue weighted by Gasteiger charge is 2.17. The Labute approximate surface area is 188 Å². The van der Waals surface area contributed by atoms with Crippen LogP contribution in [0.2, 0.25) is 0 Å². The van der Waals surface area contributed by atoms with Gasteiger partial charge in [0.1, 0.15) is 9.53 Å². The molecule has 0 fully saturated rings. The van der Waals surface area contributed by atoms with E-state index in [2.05, 4.69) is 37.0 Å². The van der Waals surface area contributed by atoms with Crippen LogP contribution < -0.4 is 5.56 Å². The molecule has 0 aliphatic heterocycles. The summed E-state index contributed by atoms with van der Waals surface area (Å²) in [6, 6.07) is 20.5. The second-order valence-electron chi connectivity index (χ2n) is 7.63. The fraction of sp³-hybridized carbons (Fsp3) is 0.160. The zero-order valence-corrected chi connectivity index (χ0v) is 19.0. The molecule has 0 aliphatic carbocycles. The largest absolute Gasteiger partial charge is 0.282 e. The van der Waals surface area contributed by atoms with Crippen molar-refractivity contribution >= 4 is 43.5 Å². The van der Waals surface area contributed by atoms with Crippen molar-refractivity contribution in [3.8, 4) is 0 Å². The van der Waals surface area contributed by atoms with E-state index in [0.29, 0.717) is 11.2 Å². The lowest BCUT2D eigenvalue weighted by atomic mass is 10.1. The van der Waals surface area contributed by atoms with E-state index in [1.807, 2.05) is 47.0 Å². The molecule has 0 bridgehead atoms. The number of thioether (sulfide) groups is 1. The standard InChI is InChI=1S/C25H21N3OS2/c1-16-10-11-17(2)19(13-16)15-30-25-27-21-20-9-6-12-26-23(20)31-22(21)24(29)28(25)14-18-7-4-3-5-8-18/h3-13H,14-15H2,1-2H3. The molecule has 0 saturated heterocycles. The fourth-order valence-electron chi connectivity index (χ4n) is 3.65. The third-order valence-electron chi connectivity index (χ3n) is 5.36. The molecule has 0 aliphatic rings. The van der Waals surface area contributed by atoms with Gasteiger partial charge in [-0.2, -0.15) is 0 Å². The molecule has 0 N–H and O–H groups in total. The van der Waals surface area contributed by atoms with Crippen molar-refractivity contribution in [3.63, 3.8) is 0 Å². The maximum Gasteiger partial charge on any atom is 0.272 e. The van der Waals surface area contributed by atoms with Crippen LogP contribution in [0.4, 0.5) is 0 Å². The van der Waals surface area contributed by atoms with Gasteiger partial charge in [0.15, 0.2) is 5.16 Å². The number of fused-ring (bicyclic) bond motifs is 3. The van der Waals surface area contributed by atoms with E-state index in [4.69, 9.17) is 4.98 Å². The van der Waals surface area contributed by atoms with E-state index >= 15 is 0 Å². The fourth-order valence-corrected chi connectivity index (χ4v) is 5.74. The Bertz CT molecular complexity index is 1450. The first-order valence-corrected chi connectivity index (χ1v) is 11.9. The average Bonchev–Trinajstić information content (AvgIpc) is 3.16. The Hall–Kier alpha value is -2.96. The van der Waals surface area contributed by atoms with Gasteiger partial charge >= 0.3 is 0 Å². The zero-order chi connectivity index (χ0) is 21.4. The Balaban J connectivity index is 1.64. The molecule has 0 saturated carbocycles. The number of nitrogens with zero attached hydrogens (tertiary/aromatic N) is 3. The first-order valence-electron chi connectivity index (χ1n) is 10.1. The minimum atomic E-state index is 0.000294. The van der Waals surface area contributed by atoms with Crippen molar-refractivity contribution in [1.82, 2.24) is 14.5 Å². The van der Waals surface area contributed by atoms with Crippen LogP contribution in [0, 0.1) is 13.8 Å². The summed E-state index contributed by atoms with van der Waals surface area (Å²) in [6.45, 7) is 4.73. The Morgan fingerprint density at radius 3 is 2.71 bits per heavy atom. The smallest absolute Gasteiger partial charge is 0.272 e. The first-order chi connectivity index (χ1) is 15.1. The van der Waals surface area contributed by atoms with Gasteiger partial charge < -0.3 is 0 Å². The number of aryl methyl sites for hydroxylation is 2. The van der Waals surface area contributed by atoms with Crippen molar-refractivity contribution in [3.05, 3.63) is 99.5 Å². The van der Waals surface area contributed by atoms with Gasteiger partial charge in [-0.05, 0) is 42.7 Å². The summed E-state index contributed by atoms with van der Waals surface area (Å²) >= 11 is 3.04. The average molecular weight is 444 g/mol. The van der Waals surface area contributed by atoms with Crippen molar-refractivity contribution < 1.29 is 0 Å². The van der Waals surface area contributed by atoms with Crippen LogP contribution in [-0.2, 0) is 12.3 Å². The van der Waals surface area contributed by atoms with Crippen molar-refractivity contribution in [2.45, 2.75) is 31.3 Å². The second kappa shape index (κ2) is 8.29. The maximum atomic E-state index is 13.5. The molecule has 4 nitrogen and oxygen atoms in total. The van der Waals surface area contributed by atoms with E-state index in [-0.39, 0.29) is 5.56 Å². The molecule has 5 rings (SSSR count). The van der Waals surface area contributed by atoms with Gasteiger partial charge in [0.25, 0.3) is 5.56 Å². The van der Waals surface area contributed by atoms with Crippen LogP contribution in [-0.4, -0.2) is 14.5 Å². The van der Waals surface area contributed by atoms with Gasteiger partial charge in [0, 0.05) is 17.3 Å². The quantitative estimate of drug-likeness (QED) is 0.248. The Morgan fingerprint density at radius 1 is 1.03 bits per heavy atom. The highest BCUT2D eigenvalue weighted by atomic mass is 32.2. The summed E-state index contributed by atoms with van der Waals surface area (Å²) in [5, 5.41) is 1.69. The summed E-state index contributed by atoms with van der Waals surface area (Å²) < 4.78 is 2.48. The molecule has 3 aromatic heterocycles. The van der Waals surface area contributed by atoms with E-state index < -0.39 is 0 Å². The SMILES string of the molecule is Cc1ccc(C)c(CSc2nc3c(sc4ncccc43)c(=O)n2Cc2ccccc2)c1. The van der Waals surface area contributed by atoms with Gasteiger partial charge in [0.05, 0.1) is 12.1 Å². The van der Waals surface area contributed by atoms with Gasteiger partial charge in [-0.3, -0.25) is 9.36 Å². The van der Waals surface area contributed by atoms with Crippen LogP contribution >= 0.6 is 23.1 Å². The van der Waals surface area contributed by atoms with E-state index in [1.54, 1.807) is 18.0 Å². The summed E-state index contributed by atoms with van der Waals surface area (Å²) in [4.78, 5) is 23.8. The number of benzene rings is 2. The number of rotatable bonds is 5. The molecule has 0 spiro atoms. The summed E-state index contributed by atoms with van der Waals surface area (Å²) in [5.41, 5.74) is 5.59. The number of aromatic nitrogens is 3. The third kappa shape index (κ3) is 3.89. The minimum absolute atomic E-state index is 0.000294. The number of hydrogen-bond acceptors (Lipinski definition) is 5. The molecule has 6 heteroatoms.